The average Bonchev–Trinajstić information content (AvgIpc) is 1.84. The van der Waals surface area contributed by atoms with Crippen LogP contribution in [-0.4, -0.2) is 5.88 Å². The number of hydrogen-bond acceptors (Lipinski definition) is 0. The molecule has 0 heterocycles. The Balaban J connectivity index is 3.83. The lowest BCUT2D eigenvalue weighted by atomic mass is 10.3. The van der Waals surface area contributed by atoms with Crippen molar-refractivity contribution in [1.82, 2.24) is 0 Å². The first kappa shape index (κ1) is 8.32. The molecule has 0 radical (unpaired) electrons. The molecule has 0 aromatic carbocycles. The van der Waals surface area contributed by atoms with Crippen LogP contribution >= 0.6 is 23.2 Å². The summed E-state index contributed by atoms with van der Waals surface area (Å²) in [5.41, 5.74) is 1.08. The van der Waals surface area contributed by atoms with Crippen LogP contribution in [0.2, 0.25) is 0 Å². The fourth-order valence-electron chi connectivity index (χ4n) is 0.374. The molecule has 0 amide bonds. The van der Waals surface area contributed by atoms with Gasteiger partial charge in [0.1, 0.15) is 0 Å². The summed E-state index contributed by atoms with van der Waals surface area (Å²) < 4.78 is 0. The van der Waals surface area contributed by atoms with Gasteiger partial charge in [-0.1, -0.05) is 18.5 Å². The summed E-state index contributed by atoms with van der Waals surface area (Å²) in [5, 5.41) is 0.889. The van der Waals surface area contributed by atoms with Crippen molar-refractivity contribution in [2.75, 3.05) is 5.88 Å². The van der Waals surface area contributed by atoms with Crippen molar-refractivity contribution in [2.24, 2.45) is 0 Å². The van der Waals surface area contributed by atoms with Crippen molar-refractivity contribution < 1.29 is 0 Å². The highest BCUT2D eigenvalue weighted by Crippen LogP contribution is 2.13. The molecule has 0 atom stereocenters. The first-order valence-electron chi connectivity index (χ1n) is 2.62. The van der Waals surface area contributed by atoms with Crippen LogP contribution in [0.5, 0.6) is 0 Å². The lowest BCUT2D eigenvalue weighted by molar-refractivity contribution is 1.15. The van der Waals surface area contributed by atoms with Crippen LogP contribution in [0.1, 0.15) is 20.3 Å². The Kier molecular flexibility index (Phi) is 4.39. The summed E-state index contributed by atoms with van der Waals surface area (Å²) >= 11 is 11.2. The number of allylic oxidation sites excluding steroid dienone is 2. The molecule has 0 spiro atoms. The summed E-state index contributed by atoms with van der Waals surface area (Å²) in [6.45, 7) is 3.96. The monoisotopic (exact) mass is 152 g/mol. The highest BCUT2D eigenvalue weighted by Gasteiger charge is 1.92. The van der Waals surface area contributed by atoms with Crippen LogP contribution in [0.25, 0.3) is 0 Å². The van der Waals surface area contributed by atoms with E-state index in [1.165, 1.54) is 0 Å². The molecule has 0 aliphatic carbocycles. The number of alkyl halides is 1. The fourth-order valence-corrected chi connectivity index (χ4v) is 0.671. The smallest absolute Gasteiger partial charge is 0.0445 e. The van der Waals surface area contributed by atoms with Crippen molar-refractivity contribution >= 4 is 23.2 Å². The second kappa shape index (κ2) is 4.22. The van der Waals surface area contributed by atoms with E-state index in [9.17, 15) is 0 Å². The molecule has 8 heavy (non-hydrogen) atoms. The maximum atomic E-state index is 5.71. The zero-order valence-electron chi connectivity index (χ0n) is 5.17. The number of rotatable bonds is 2. The molecule has 0 aromatic rings. The molecular formula is C6H10Cl2. The van der Waals surface area contributed by atoms with Crippen molar-refractivity contribution in [2.45, 2.75) is 20.3 Å². The molecule has 0 saturated carbocycles. The van der Waals surface area contributed by atoms with Gasteiger partial charge in [0.05, 0.1) is 0 Å². The van der Waals surface area contributed by atoms with Crippen LogP contribution in [0.3, 0.4) is 0 Å². The lowest BCUT2D eigenvalue weighted by Gasteiger charge is -1.95. The zero-order chi connectivity index (χ0) is 6.57. The highest BCUT2D eigenvalue weighted by molar-refractivity contribution is 6.30. The minimum Gasteiger partial charge on any atom is -0.122 e. The number of halogens is 2. The van der Waals surface area contributed by atoms with E-state index >= 15 is 0 Å². The van der Waals surface area contributed by atoms with E-state index in [1.807, 2.05) is 13.8 Å². The fraction of sp³-hybridized carbons (Fsp3) is 0.667. The molecule has 0 aromatic heterocycles. The Hall–Kier alpha value is 0.320. The second-order valence-corrected chi connectivity index (χ2v) is 2.40. The Morgan fingerprint density at radius 2 is 2.00 bits per heavy atom. The molecule has 48 valence electrons. The Morgan fingerprint density at radius 3 is 2.12 bits per heavy atom. The van der Waals surface area contributed by atoms with Gasteiger partial charge in [0.15, 0.2) is 0 Å². The van der Waals surface area contributed by atoms with Crippen molar-refractivity contribution in [3.05, 3.63) is 10.6 Å². The van der Waals surface area contributed by atoms with E-state index in [0.717, 1.165) is 17.0 Å². The van der Waals surface area contributed by atoms with E-state index in [4.69, 9.17) is 23.2 Å². The maximum absolute atomic E-state index is 5.71. The van der Waals surface area contributed by atoms with Gasteiger partial charge in [0.25, 0.3) is 0 Å². The van der Waals surface area contributed by atoms with Gasteiger partial charge in [-0.15, -0.1) is 11.6 Å². The maximum Gasteiger partial charge on any atom is 0.0445 e. The van der Waals surface area contributed by atoms with Crippen LogP contribution in [0, 0.1) is 0 Å². The van der Waals surface area contributed by atoms with Gasteiger partial charge in [0.2, 0.25) is 0 Å². The van der Waals surface area contributed by atoms with Gasteiger partial charge >= 0.3 is 0 Å². The third kappa shape index (κ3) is 2.58. The summed E-state index contributed by atoms with van der Waals surface area (Å²) in [4.78, 5) is 0. The van der Waals surface area contributed by atoms with E-state index in [-0.39, 0.29) is 0 Å². The van der Waals surface area contributed by atoms with Crippen molar-refractivity contribution in [3.8, 4) is 0 Å². The molecule has 0 N–H and O–H groups in total. The van der Waals surface area contributed by atoms with E-state index in [1.54, 1.807) is 0 Å². The Labute approximate surface area is 60.5 Å². The molecule has 0 aliphatic heterocycles. The molecule has 0 nitrogen and oxygen atoms in total. The predicted molar refractivity (Wildman–Crippen MR) is 39.6 cm³/mol. The van der Waals surface area contributed by atoms with Gasteiger partial charge in [-0.05, 0) is 18.9 Å². The SMILES string of the molecule is CC/C(Cl)=C(/C)CCl. The molecule has 0 fully saturated rings. The third-order valence-corrected chi connectivity index (χ3v) is 1.96. The van der Waals surface area contributed by atoms with E-state index < -0.39 is 0 Å². The predicted octanol–water partition coefficient (Wildman–Crippen LogP) is 3.15. The first-order valence-corrected chi connectivity index (χ1v) is 3.53. The van der Waals surface area contributed by atoms with Gasteiger partial charge in [0, 0.05) is 10.9 Å². The summed E-state index contributed by atoms with van der Waals surface area (Å²) in [6.07, 6.45) is 0.889. The summed E-state index contributed by atoms with van der Waals surface area (Å²) in [7, 11) is 0. The average molecular weight is 153 g/mol. The number of hydrogen-bond donors (Lipinski definition) is 0. The lowest BCUT2D eigenvalue weighted by Crippen LogP contribution is -1.79. The third-order valence-electron chi connectivity index (χ3n) is 0.974. The molecule has 2 heteroatoms. The van der Waals surface area contributed by atoms with Gasteiger partial charge < -0.3 is 0 Å². The summed E-state index contributed by atoms with van der Waals surface area (Å²) in [5.74, 6) is 0.548. The van der Waals surface area contributed by atoms with E-state index in [0.29, 0.717) is 5.88 Å². The highest BCUT2D eigenvalue weighted by atomic mass is 35.5. The molecule has 0 aliphatic rings. The minimum atomic E-state index is 0.548. The van der Waals surface area contributed by atoms with Crippen LogP contribution in [0.15, 0.2) is 10.6 Å². The van der Waals surface area contributed by atoms with Gasteiger partial charge in [-0.2, -0.15) is 0 Å². The summed E-state index contributed by atoms with van der Waals surface area (Å²) in [6, 6.07) is 0. The van der Waals surface area contributed by atoms with E-state index in [2.05, 4.69) is 0 Å². The van der Waals surface area contributed by atoms with Crippen LogP contribution in [0.4, 0.5) is 0 Å². The van der Waals surface area contributed by atoms with Crippen molar-refractivity contribution in [1.29, 1.82) is 0 Å². The molecule has 0 unspecified atom stereocenters. The van der Waals surface area contributed by atoms with Crippen LogP contribution in [-0.2, 0) is 0 Å². The van der Waals surface area contributed by atoms with Crippen LogP contribution < -0.4 is 0 Å². The molecular weight excluding hydrogens is 143 g/mol. The molecule has 0 bridgehead atoms. The topological polar surface area (TPSA) is 0 Å². The minimum absolute atomic E-state index is 0.548. The molecule has 0 saturated heterocycles. The van der Waals surface area contributed by atoms with Gasteiger partial charge in [-0.25, -0.2) is 0 Å². The standard InChI is InChI=1S/C6H10Cl2/c1-3-6(8)5(2)4-7/h3-4H2,1-2H3/b6-5+. The van der Waals surface area contributed by atoms with Gasteiger partial charge in [-0.3, -0.25) is 0 Å². The molecule has 0 rings (SSSR count). The second-order valence-electron chi connectivity index (χ2n) is 1.67. The largest absolute Gasteiger partial charge is 0.122 e. The first-order chi connectivity index (χ1) is 3.72. The zero-order valence-corrected chi connectivity index (χ0v) is 6.68. The quantitative estimate of drug-likeness (QED) is 0.534. The Morgan fingerprint density at radius 1 is 1.50 bits per heavy atom. The Bertz CT molecular complexity index is 82.7. The normalized spacial score (nSPS) is 13.5. The van der Waals surface area contributed by atoms with Crippen molar-refractivity contribution in [3.63, 3.8) is 0 Å².